The first kappa shape index (κ1) is 16.5. The average molecular weight is 307 g/mol. The minimum absolute atomic E-state index is 0.217. The van der Waals surface area contributed by atoms with Gasteiger partial charge in [-0.1, -0.05) is 48.9 Å². The van der Waals surface area contributed by atoms with Crippen molar-refractivity contribution in [3.05, 3.63) is 47.0 Å². The highest BCUT2D eigenvalue weighted by molar-refractivity contribution is 6.25. The molecule has 2 rings (SSSR count). The van der Waals surface area contributed by atoms with Crippen molar-refractivity contribution in [3.8, 4) is 0 Å². The van der Waals surface area contributed by atoms with E-state index < -0.39 is 0 Å². The van der Waals surface area contributed by atoms with Gasteiger partial charge in [-0.15, -0.1) is 0 Å². The maximum Gasteiger partial charge on any atom is 0.0307 e. The Bertz CT molecular complexity index is 471. The number of hydrogen-bond acceptors (Lipinski definition) is 2. The molecule has 1 heterocycles. The number of hydrogen-bond donors (Lipinski definition) is 1. The van der Waals surface area contributed by atoms with E-state index in [1.54, 1.807) is 5.54 Å². The van der Waals surface area contributed by atoms with Crippen LogP contribution in [0.25, 0.3) is 0 Å². The van der Waals surface area contributed by atoms with Crippen molar-refractivity contribution in [3.63, 3.8) is 0 Å². The van der Waals surface area contributed by atoms with E-state index in [0.717, 1.165) is 32.5 Å². The Hall–Kier alpha value is -0.830. The molecule has 1 aliphatic heterocycles. The van der Waals surface area contributed by atoms with Crippen molar-refractivity contribution in [2.45, 2.75) is 45.2 Å². The minimum Gasteiger partial charge on any atom is -0.311 e. The number of nitrogens with one attached hydrogen (secondary N) is 1. The highest BCUT2D eigenvalue weighted by Crippen LogP contribution is 2.25. The normalized spacial score (nSPS) is 27.8. The SMILES string of the molecule is CCC1(C)CNC(Cc2ccccc2)CN1C/C(C)=C/Cl. The van der Waals surface area contributed by atoms with Crippen LogP contribution in [-0.4, -0.2) is 36.1 Å². The minimum atomic E-state index is 0.217. The average Bonchev–Trinajstić information content (AvgIpc) is 2.51. The van der Waals surface area contributed by atoms with E-state index in [2.05, 4.69) is 61.3 Å². The van der Waals surface area contributed by atoms with Crippen LogP contribution in [0.4, 0.5) is 0 Å². The van der Waals surface area contributed by atoms with Crippen LogP contribution < -0.4 is 5.32 Å². The summed E-state index contributed by atoms with van der Waals surface area (Å²) in [6.07, 6.45) is 2.23. The Morgan fingerprint density at radius 2 is 2.14 bits per heavy atom. The molecule has 1 aliphatic rings. The first-order valence-electron chi connectivity index (χ1n) is 7.85. The smallest absolute Gasteiger partial charge is 0.0307 e. The Morgan fingerprint density at radius 3 is 2.76 bits per heavy atom. The van der Waals surface area contributed by atoms with E-state index in [-0.39, 0.29) is 5.54 Å². The maximum atomic E-state index is 5.87. The molecule has 1 aromatic carbocycles. The van der Waals surface area contributed by atoms with Crippen LogP contribution in [0.1, 0.15) is 32.8 Å². The molecule has 0 aliphatic carbocycles. The summed E-state index contributed by atoms with van der Waals surface area (Å²) in [6, 6.07) is 11.2. The topological polar surface area (TPSA) is 15.3 Å². The van der Waals surface area contributed by atoms with Gasteiger partial charge in [0.1, 0.15) is 0 Å². The fourth-order valence-corrected chi connectivity index (χ4v) is 3.07. The van der Waals surface area contributed by atoms with Gasteiger partial charge in [0, 0.05) is 36.8 Å². The van der Waals surface area contributed by atoms with Crippen LogP contribution in [0.5, 0.6) is 0 Å². The van der Waals surface area contributed by atoms with Crippen LogP contribution in [0.2, 0.25) is 0 Å². The van der Waals surface area contributed by atoms with Gasteiger partial charge >= 0.3 is 0 Å². The molecule has 21 heavy (non-hydrogen) atoms. The monoisotopic (exact) mass is 306 g/mol. The number of piperazine rings is 1. The zero-order valence-corrected chi connectivity index (χ0v) is 14.2. The molecule has 0 amide bonds. The number of nitrogens with zero attached hydrogens (tertiary/aromatic N) is 1. The summed E-state index contributed by atoms with van der Waals surface area (Å²) < 4.78 is 0. The third-order valence-electron chi connectivity index (χ3n) is 4.69. The zero-order valence-electron chi connectivity index (χ0n) is 13.4. The molecular formula is C18H27ClN2. The Labute approximate surface area is 134 Å². The largest absolute Gasteiger partial charge is 0.311 e. The van der Waals surface area contributed by atoms with E-state index in [9.17, 15) is 0 Å². The fraction of sp³-hybridized carbons (Fsp3) is 0.556. The zero-order chi connectivity index (χ0) is 15.3. The molecule has 0 spiro atoms. The van der Waals surface area contributed by atoms with Crippen molar-refractivity contribution in [1.29, 1.82) is 0 Å². The standard InChI is InChI=1S/C18H27ClN2/c1-4-18(3)14-20-17(10-16-8-6-5-7-9-16)13-21(18)12-15(2)11-19/h5-9,11,17,20H,4,10,12-14H2,1-3H3/b15-11+. The Kier molecular flexibility index (Phi) is 5.86. The second-order valence-corrected chi connectivity index (χ2v) is 6.67. The van der Waals surface area contributed by atoms with E-state index in [1.165, 1.54) is 11.1 Å². The number of rotatable bonds is 5. The first-order valence-corrected chi connectivity index (χ1v) is 8.29. The van der Waals surface area contributed by atoms with Crippen molar-refractivity contribution < 1.29 is 0 Å². The molecule has 0 radical (unpaired) electrons. The summed E-state index contributed by atoms with van der Waals surface area (Å²) in [5.74, 6) is 0. The van der Waals surface area contributed by atoms with Crippen LogP contribution in [0, 0.1) is 0 Å². The highest BCUT2D eigenvalue weighted by Gasteiger charge is 2.36. The molecule has 2 nitrogen and oxygen atoms in total. The lowest BCUT2D eigenvalue weighted by Gasteiger charge is -2.48. The molecule has 2 atom stereocenters. The van der Waals surface area contributed by atoms with Gasteiger partial charge in [-0.05, 0) is 37.8 Å². The van der Waals surface area contributed by atoms with Gasteiger partial charge in [-0.3, -0.25) is 4.90 Å². The summed E-state index contributed by atoms with van der Waals surface area (Å²) in [5, 5.41) is 3.74. The molecular weight excluding hydrogens is 280 g/mol. The van der Waals surface area contributed by atoms with Gasteiger partial charge in [0.05, 0.1) is 0 Å². The second-order valence-electron chi connectivity index (χ2n) is 6.45. The molecule has 1 N–H and O–H groups in total. The third kappa shape index (κ3) is 4.32. The van der Waals surface area contributed by atoms with Crippen LogP contribution in [-0.2, 0) is 6.42 Å². The quantitative estimate of drug-likeness (QED) is 0.890. The molecule has 3 heteroatoms. The molecule has 0 bridgehead atoms. The van der Waals surface area contributed by atoms with Crippen molar-refractivity contribution in [2.75, 3.05) is 19.6 Å². The van der Waals surface area contributed by atoms with Crippen molar-refractivity contribution in [2.24, 2.45) is 0 Å². The van der Waals surface area contributed by atoms with Gasteiger partial charge < -0.3 is 5.32 Å². The van der Waals surface area contributed by atoms with Gasteiger partial charge in [0.2, 0.25) is 0 Å². The molecule has 1 aromatic rings. The molecule has 1 saturated heterocycles. The lowest BCUT2D eigenvalue weighted by atomic mass is 9.90. The molecule has 1 fully saturated rings. The summed E-state index contributed by atoms with van der Waals surface area (Å²) in [7, 11) is 0. The molecule has 2 unspecified atom stereocenters. The highest BCUT2D eigenvalue weighted by atomic mass is 35.5. The third-order valence-corrected chi connectivity index (χ3v) is 5.06. The summed E-state index contributed by atoms with van der Waals surface area (Å²) in [5.41, 5.74) is 4.56. The fourth-order valence-electron chi connectivity index (χ4n) is 3.00. The van der Waals surface area contributed by atoms with Gasteiger partial charge in [-0.2, -0.15) is 0 Å². The summed E-state index contributed by atoms with van der Waals surface area (Å²) in [6.45, 7) is 9.79. The van der Waals surface area contributed by atoms with E-state index in [4.69, 9.17) is 11.6 Å². The summed E-state index contributed by atoms with van der Waals surface area (Å²) in [4.78, 5) is 2.59. The second kappa shape index (κ2) is 7.44. The summed E-state index contributed by atoms with van der Waals surface area (Å²) >= 11 is 5.87. The first-order chi connectivity index (χ1) is 10.1. The van der Waals surface area contributed by atoms with Gasteiger partial charge in [0.15, 0.2) is 0 Å². The number of halogens is 1. The maximum absolute atomic E-state index is 5.87. The van der Waals surface area contributed by atoms with E-state index in [0.29, 0.717) is 6.04 Å². The van der Waals surface area contributed by atoms with Crippen molar-refractivity contribution >= 4 is 11.6 Å². The lowest BCUT2D eigenvalue weighted by Crippen LogP contribution is -2.63. The van der Waals surface area contributed by atoms with Crippen LogP contribution >= 0.6 is 11.6 Å². The Morgan fingerprint density at radius 1 is 1.43 bits per heavy atom. The van der Waals surface area contributed by atoms with Crippen molar-refractivity contribution in [1.82, 2.24) is 10.2 Å². The van der Waals surface area contributed by atoms with Gasteiger partial charge in [0.25, 0.3) is 0 Å². The van der Waals surface area contributed by atoms with Gasteiger partial charge in [-0.25, -0.2) is 0 Å². The van der Waals surface area contributed by atoms with E-state index in [1.807, 2.05) is 0 Å². The molecule has 0 aromatic heterocycles. The molecule has 116 valence electrons. The van der Waals surface area contributed by atoms with Crippen LogP contribution in [0.15, 0.2) is 41.4 Å². The van der Waals surface area contributed by atoms with Crippen LogP contribution in [0.3, 0.4) is 0 Å². The van der Waals surface area contributed by atoms with E-state index >= 15 is 0 Å². The predicted octanol–water partition coefficient (Wildman–Crippen LogP) is 3.81. The Balaban J connectivity index is 2.05. The predicted molar refractivity (Wildman–Crippen MR) is 91.8 cm³/mol. The lowest BCUT2D eigenvalue weighted by molar-refractivity contribution is 0.0581. The molecule has 0 saturated carbocycles. The number of benzene rings is 1.